The van der Waals surface area contributed by atoms with Crippen LogP contribution in [-0.4, -0.2) is 38.6 Å². The molecule has 0 heterocycles. The molecule has 2 aromatic carbocycles. The van der Waals surface area contributed by atoms with Crippen molar-refractivity contribution >= 4 is 12.0 Å². The number of rotatable bonds is 7. The highest BCUT2D eigenvalue weighted by atomic mass is 19.4. The SMILES string of the molecule is COc1ccc(CCN(C)C(=O)C=Cc2cccc(C(F)(F)F)c2)cc1OC. The van der Waals surface area contributed by atoms with E-state index >= 15 is 0 Å². The predicted octanol–water partition coefficient (Wildman–Crippen LogP) is 4.44. The zero-order valence-corrected chi connectivity index (χ0v) is 15.9. The number of amides is 1. The number of ether oxygens (including phenoxy) is 2. The minimum absolute atomic E-state index is 0.294. The van der Waals surface area contributed by atoms with E-state index < -0.39 is 11.7 Å². The van der Waals surface area contributed by atoms with Gasteiger partial charge in [0.05, 0.1) is 19.8 Å². The van der Waals surface area contributed by atoms with Crippen molar-refractivity contribution in [3.05, 3.63) is 65.2 Å². The van der Waals surface area contributed by atoms with E-state index in [0.717, 1.165) is 17.7 Å². The number of alkyl halides is 3. The lowest BCUT2D eigenvalue weighted by Gasteiger charge is -2.16. The van der Waals surface area contributed by atoms with Crippen LogP contribution in [0.15, 0.2) is 48.5 Å². The number of nitrogens with zero attached hydrogens (tertiary/aromatic N) is 1. The Morgan fingerprint density at radius 2 is 1.79 bits per heavy atom. The third-order valence-corrected chi connectivity index (χ3v) is 4.19. The maximum Gasteiger partial charge on any atom is 0.416 e. The Labute approximate surface area is 162 Å². The van der Waals surface area contributed by atoms with Crippen LogP contribution < -0.4 is 9.47 Å². The van der Waals surface area contributed by atoms with Gasteiger partial charge < -0.3 is 14.4 Å². The van der Waals surface area contributed by atoms with Crippen molar-refractivity contribution in [1.29, 1.82) is 0 Å². The Balaban J connectivity index is 1.97. The molecule has 0 aliphatic rings. The number of likely N-dealkylation sites (N-methyl/N-ethyl adjacent to an activating group) is 1. The lowest BCUT2D eigenvalue weighted by Crippen LogP contribution is -2.27. The fourth-order valence-electron chi connectivity index (χ4n) is 2.56. The summed E-state index contributed by atoms with van der Waals surface area (Å²) >= 11 is 0. The zero-order valence-electron chi connectivity index (χ0n) is 15.9. The van der Waals surface area contributed by atoms with Gasteiger partial charge in [-0.3, -0.25) is 4.79 Å². The average Bonchev–Trinajstić information content (AvgIpc) is 2.69. The Bertz CT molecular complexity index is 847. The predicted molar refractivity (Wildman–Crippen MR) is 101 cm³/mol. The number of halogens is 3. The van der Waals surface area contributed by atoms with Crippen LogP contribution >= 0.6 is 0 Å². The van der Waals surface area contributed by atoms with Gasteiger partial charge in [-0.15, -0.1) is 0 Å². The van der Waals surface area contributed by atoms with Crippen molar-refractivity contribution in [1.82, 2.24) is 4.90 Å². The van der Waals surface area contributed by atoms with Crippen LogP contribution in [0.2, 0.25) is 0 Å². The van der Waals surface area contributed by atoms with E-state index in [1.807, 2.05) is 12.1 Å². The van der Waals surface area contributed by atoms with Gasteiger partial charge in [0.15, 0.2) is 11.5 Å². The van der Waals surface area contributed by atoms with Crippen LogP contribution in [0.5, 0.6) is 11.5 Å². The number of hydrogen-bond donors (Lipinski definition) is 0. The maximum absolute atomic E-state index is 12.7. The molecule has 2 rings (SSSR count). The first kappa shape index (κ1) is 21.3. The zero-order chi connectivity index (χ0) is 20.7. The van der Waals surface area contributed by atoms with Crippen LogP contribution in [0.25, 0.3) is 6.08 Å². The molecule has 0 atom stereocenters. The first-order valence-corrected chi connectivity index (χ1v) is 8.56. The van der Waals surface area contributed by atoms with Crippen molar-refractivity contribution in [2.75, 3.05) is 27.8 Å². The number of hydrogen-bond acceptors (Lipinski definition) is 3. The van der Waals surface area contributed by atoms with Gasteiger partial charge in [-0.2, -0.15) is 13.2 Å². The molecular formula is C21H22F3NO3. The molecule has 0 unspecified atom stereocenters. The molecule has 4 nitrogen and oxygen atoms in total. The van der Waals surface area contributed by atoms with Gasteiger partial charge in [0.1, 0.15) is 0 Å². The molecule has 0 aliphatic heterocycles. The first-order valence-electron chi connectivity index (χ1n) is 8.56. The third kappa shape index (κ3) is 5.77. The second-order valence-electron chi connectivity index (χ2n) is 6.16. The number of methoxy groups -OCH3 is 2. The minimum atomic E-state index is -4.41. The van der Waals surface area contributed by atoms with Crippen LogP contribution in [0, 0.1) is 0 Å². The van der Waals surface area contributed by atoms with Gasteiger partial charge in [-0.05, 0) is 47.9 Å². The van der Waals surface area contributed by atoms with E-state index in [0.29, 0.717) is 30.0 Å². The standard InChI is InChI=1S/C21H22F3NO3/c1-25(12-11-16-7-9-18(27-2)19(14-16)28-3)20(26)10-8-15-5-4-6-17(13-15)21(22,23)24/h4-10,13-14H,11-12H2,1-3H3. The normalized spacial score (nSPS) is 11.5. The molecule has 0 bridgehead atoms. The Hall–Kier alpha value is -2.96. The molecule has 0 spiro atoms. The second-order valence-corrected chi connectivity index (χ2v) is 6.16. The molecule has 0 fully saturated rings. The van der Waals surface area contributed by atoms with E-state index in [1.165, 1.54) is 29.2 Å². The summed E-state index contributed by atoms with van der Waals surface area (Å²) in [4.78, 5) is 13.7. The molecule has 28 heavy (non-hydrogen) atoms. The highest BCUT2D eigenvalue weighted by molar-refractivity contribution is 5.91. The fourth-order valence-corrected chi connectivity index (χ4v) is 2.56. The third-order valence-electron chi connectivity index (χ3n) is 4.19. The van der Waals surface area contributed by atoms with Crippen LogP contribution in [0.1, 0.15) is 16.7 Å². The van der Waals surface area contributed by atoms with Crippen LogP contribution in [0.3, 0.4) is 0 Å². The topological polar surface area (TPSA) is 38.8 Å². The highest BCUT2D eigenvalue weighted by Gasteiger charge is 2.30. The summed E-state index contributed by atoms with van der Waals surface area (Å²) in [5.74, 6) is 0.941. The molecule has 2 aromatic rings. The molecule has 7 heteroatoms. The minimum Gasteiger partial charge on any atom is -0.493 e. The summed E-state index contributed by atoms with van der Waals surface area (Å²) < 4.78 is 48.7. The van der Waals surface area contributed by atoms with E-state index in [2.05, 4.69) is 0 Å². The van der Waals surface area contributed by atoms with Crippen LogP contribution in [0.4, 0.5) is 13.2 Å². The largest absolute Gasteiger partial charge is 0.493 e. The lowest BCUT2D eigenvalue weighted by atomic mass is 10.1. The van der Waals surface area contributed by atoms with Crippen molar-refractivity contribution < 1.29 is 27.4 Å². The molecule has 0 aliphatic carbocycles. The summed E-state index contributed by atoms with van der Waals surface area (Å²) in [7, 11) is 4.75. The van der Waals surface area contributed by atoms with E-state index in [9.17, 15) is 18.0 Å². The molecule has 0 saturated carbocycles. The lowest BCUT2D eigenvalue weighted by molar-refractivity contribution is -0.137. The van der Waals surface area contributed by atoms with Crippen molar-refractivity contribution in [3.63, 3.8) is 0 Å². The van der Waals surface area contributed by atoms with Crippen molar-refractivity contribution in [3.8, 4) is 11.5 Å². The Morgan fingerprint density at radius 1 is 1.07 bits per heavy atom. The molecule has 0 aromatic heterocycles. The van der Waals surface area contributed by atoms with Crippen molar-refractivity contribution in [2.45, 2.75) is 12.6 Å². The molecule has 0 saturated heterocycles. The Morgan fingerprint density at radius 3 is 2.43 bits per heavy atom. The van der Waals surface area contributed by atoms with E-state index in [4.69, 9.17) is 9.47 Å². The van der Waals surface area contributed by atoms with Gasteiger partial charge in [0, 0.05) is 19.7 Å². The monoisotopic (exact) mass is 393 g/mol. The Kier molecular flexibility index (Phi) is 7.09. The van der Waals surface area contributed by atoms with Gasteiger partial charge in [-0.1, -0.05) is 18.2 Å². The van der Waals surface area contributed by atoms with Gasteiger partial charge in [-0.25, -0.2) is 0 Å². The maximum atomic E-state index is 12.7. The van der Waals surface area contributed by atoms with Gasteiger partial charge in [0.2, 0.25) is 5.91 Å². The van der Waals surface area contributed by atoms with Crippen LogP contribution in [-0.2, 0) is 17.4 Å². The van der Waals surface area contributed by atoms with E-state index in [-0.39, 0.29) is 5.91 Å². The van der Waals surface area contributed by atoms with Crippen molar-refractivity contribution in [2.24, 2.45) is 0 Å². The molecule has 1 amide bonds. The molecule has 0 N–H and O–H groups in total. The summed E-state index contributed by atoms with van der Waals surface area (Å²) in [6.45, 7) is 0.446. The smallest absolute Gasteiger partial charge is 0.416 e. The number of carbonyl (C=O) groups excluding carboxylic acids is 1. The highest BCUT2D eigenvalue weighted by Crippen LogP contribution is 2.30. The first-order chi connectivity index (χ1) is 13.2. The molecular weight excluding hydrogens is 371 g/mol. The summed E-state index contributed by atoms with van der Waals surface area (Å²) in [6, 6.07) is 10.4. The summed E-state index contributed by atoms with van der Waals surface area (Å²) in [5.41, 5.74) is 0.541. The second kappa shape index (κ2) is 9.30. The number of carbonyl (C=O) groups is 1. The number of benzene rings is 2. The van der Waals surface area contributed by atoms with Gasteiger partial charge in [0.25, 0.3) is 0 Å². The molecule has 150 valence electrons. The molecule has 0 radical (unpaired) electrons. The summed E-state index contributed by atoms with van der Waals surface area (Å²) in [5, 5.41) is 0. The quantitative estimate of drug-likeness (QED) is 0.653. The van der Waals surface area contributed by atoms with Gasteiger partial charge >= 0.3 is 6.18 Å². The fraction of sp³-hybridized carbons (Fsp3) is 0.286. The van der Waals surface area contributed by atoms with E-state index in [1.54, 1.807) is 27.3 Å². The average molecular weight is 393 g/mol. The summed E-state index contributed by atoms with van der Waals surface area (Å²) in [6.07, 6.45) is -1.17.